The molecule has 1 aliphatic rings. The Morgan fingerprint density at radius 1 is 1.56 bits per heavy atom. The molecule has 4 nitrogen and oxygen atoms in total. The van der Waals surface area contributed by atoms with Crippen LogP contribution in [-0.2, 0) is 16.0 Å². The normalized spacial score (nSPS) is 19.1. The molecule has 1 N–H and O–H groups in total. The molecule has 0 bridgehead atoms. The highest BCUT2D eigenvalue weighted by atomic mass is 32.1. The van der Waals surface area contributed by atoms with E-state index < -0.39 is 0 Å². The number of thiazole rings is 1. The van der Waals surface area contributed by atoms with E-state index in [-0.39, 0.29) is 5.91 Å². The monoisotopic (exact) mass is 268 g/mol. The van der Waals surface area contributed by atoms with Crippen LogP contribution in [-0.4, -0.2) is 30.6 Å². The highest BCUT2D eigenvalue weighted by Crippen LogP contribution is 2.17. The summed E-state index contributed by atoms with van der Waals surface area (Å²) in [4.78, 5) is 17.4. The number of aryl methyl sites for hydroxylation is 2. The minimum atomic E-state index is 0.135. The summed E-state index contributed by atoms with van der Waals surface area (Å²) in [5.41, 5.74) is 1.10. The number of aromatic nitrogens is 1. The van der Waals surface area contributed by atoms with Crippen molar-refractivity contribution in [3.05, 3.63) is 15.6 Å². The van der Waals surface area contributed by atoms with Crippen molar-refractivity contribution in [2.45, 2.75) is 33.1 Å². The third-order valence-electron chi connectivity index (χ3n) is 3.23. The molecule has 1 saturated heterocycles. The van der Waals surface area contributed by atoms with E-state index >= 15 is 0 Å². The fourth-order valence-electron chi connectivity index (χ4n) is 2.03. The van der Waals surface area contributed by atoms with E-state index in [1.54, 1.807) is 11.3 Å². The lowest BCUT2D eigenvalue weighted by Crippen LogP contribution is -2.27. The third-order valence-corrected chi connectivity index (χ3v) is 4.36. The van der Waals surface area contributed by atoms with Crippen molar-refractivity contribution in [2.24, 2.45) is 5.92 Å². The zero-order valence-corrected chi connectivity index (χ0v) is 11.8. The topological polar surface area (TPSA) is 51.2 Å². The molecule has 1 fully saturated rings. The molecule has 0 spiro atoms. The van der Waals surface area contributed by atoms with Crippen LogP contribution in [0.2, 0.25) is 0 Å². The maximum Gasteiger partial charge on any atom is 0.220 e. The number of nitrogens with one attached hydrogen (secondary N) is 1. The Labute approximate surface area is 112 Å². The Hall–Kier alpha value is -0.940. The molecule has 1 aromatic rings. The van der Waals surface area contributed by atoms with Crippen LogP contribution in [0.3, 0.4) is 0 Å². The van der Waals surface area contributed by atoms with Crippen molar-refractivity contribution in [3.63, 3.8) is 0 Å². The minimum Gasteiger partial charge on any atom is -0.381 e. The molecule has 2 rings (SSSR count). The molecule has 0 unspecified atom stereocenters. The Morgan fingerprint density at radius 2 is 2.39 bits per heavy atom. The van der Waals surface area contributed by atoms with Crippen LogP contribution < -0.4 is 5.32 Å². The average molecular weight is 268 g/mol. The van der Waals surface area contributed by atoms with E-state index in [9.17, 15) is 4.79 Å². The van der Waals surface area contributed by atoms with Crippen molar-refractivity contribution < 1.29 is 9.53 Å². The van der Waals surface area contributed by atoms with Gasteiger partial charge in [-0.05, 0) is 26.2 Å². The second-order valence-corrected chi connectivity index (χ2v) is 6.07. The molecule has 5 heteroatoms. The van der Waals surface area contributed by atoms with Gasteiger partial charge in [-0.1, -0.05) is 0 Å². The van der Waals surface area contributed by atoms with Crippen LogP contribution in [0.1, 0.15) is 28.4 Å². The standard InChI is InChI=1S/C13H20N2O2S/c1-9-10(2)18-13(15-9)3-5-14-12(16)7-11-4-6-17-8-11/h11H,3-8H2,1-2H3,(H,14,16)/t11-/m0/s1. The SMILES string of the molecule is Cc1nc(CCNC(=O)C[C@@H]2CCOC2)sc1C. The summed E-state index contributed by atoms with van der Waals surface area (Å²) in [5, 5.41) is 4.06. The predicted octanol–water partition coefficient (Wildman–Crippen LogP) is 1.85. The summed E-state index contributed by atoms with van der Waals surface area (Å²) in [6.45, 7) is 6.32. The quantitative estimate of drug-likeness (QED) is 0.886. The van der Waals surface area contributed by atoms with Gasteiger partial charge >= 0.3 is 0 Å². The summed E-state index contributed by atoms with van der Waals surface area (Å²) in [6.07, 6.45) is 2.43. The summed E-state index contributed by atoms with van der Waals surface area (Å²) < 4.78 is 5.26. The van der Waals surface area contributed by atoms with E-state index in [0.29, 0.717) is 18.9 Å². The number of rotatable bonds is 5. The van der Waals surface area contributed by atoms with Crippen LogP contribution in [0, 0.1) is 19.8 Å². The van der Waals surface area contributed by atoms with E-state index in [0.717, 1.165) is 36.8 Å². The largest absolute Gasteiger partial charge is 0.381 e. The Bertz CT molecular complexity index is 392. The van der Waals surface area contributed by atoms with Gasteiger partial charge < -0.3 is 10.1 Å². The summed E-state index contributed by atoms with van der Waals surface area (Å²) in [6, 6.07) is 0. The maximum atomic E-state index is 11.7. The number of ether oxygens (including phenoxy) is 1. The zero-order chi connectivity index (χ0) is 13.0. The van der Waals surface area contributed by atoms with E-state index in [4.69, 9.17) is 4.74 Å². The number of nitrogens with zero attached hydrogens (tertiary/aromatic N) is 1. The second-order valence-electron chi connectivity index (χ2n) is 4.78. The number of carbonyl (C=O) groups excluding carboxylic acids is 1. The number of hydrogen-bond donors (Lipinski definition) is 1. The fourth-order valence-corrected chi connectivity index (χ4v) is 2.97. The first-order chi connectivity index (χ1) is 8.65. The zero-order valence-electron chi connectivity index (χ0n) is 11.0. The van der Waals surface area contributed by atoms with Crippen molar-refractivity contribution in [1.29, 1.82) is 0 Å². The van der Waals surface area contributed by atoms with Crippen molar-refractivity contribution in [3.8, 4) is 0 Å². The highest BCUT2D eigenvalue weighted by Gasteiger charge is 2.18. The third kappa shape index (κ3) is 3.78. The van der Waals surface area contributed by atoms with E-state index in [1.165, 1.54) is 4.88 Å². The summed E-state index contributed by atoms with van der Waals surface area (Å²) >= 11 is 1.72. The molecule has 2 heterocycles. The summed E-state index contributed by atoms with van der Waals surface area (Å²) in [5.74, 6) is 0.546. The van der Waals surface area contributed by atoms with Crippen molar-refractivity contribution in [1.82, 2.24) is 10.3 Å². The number of hydrogen-bond acceptors (Lipinski definition) is 4. The second kappa shape index (κ2) is 6.29. The van der Waals surface area contributed by atoms with Gasteiger partial charge in [0.05, 0.1) is 10.7 Å². The molecule has 1 atom stereocenters. The first kappa shape index (κ1) is 13.5. The molecule has 18 heavy (non-hydrogen) atoms. The van der Waals surface area contributed by atoms with Gasteiger partial charge in [0.2, 0.25) is 5.91 Å². The highest BCUT2D eigenvalue weighted by molar-refractivity contribution is 7.11. The molecule has 1 aromatic heterocycles. The summed E-state index contributed by atoms with van der Waals surface area (Å²) in [7, 11) is 0. The lowest BCUT2D eigenvalue weighted by molar-refractivity contribution is -0.122. The van der Waals surface area contributed by atoms with Gasteiger partial charge in [-0.15, -0.1) is 11.3 Å². The number of amides is 1. The van der Waals surface area contributed by atoms with Crippen LogP contribution in [0.25, 0.3) is 0 Å². The molecule has 1 aliphatic heterocycles. The van der Waals surface area contributed by atoms with Crippen molar-refractivity contribution >= 4 is 17.2 Å². The average Bonchev–Trinajstić information content (AvgIpc) is 2.90. The lowest BCUT2D eigenvalue weighted by Gasteiger charge is -2.07. The first-order valence-electron chi connectivity index (χ1n) is 6.42. The maximum absolute atomic E-state index is 11.7. The molecule has 0 aromatic carbocycles. The predicted molar refractivity (Wildman–Crippen MR) is 71.8 cm³/mol. The van der Waals surface area contributed by atoms with Crippen LogP contribution >= 0.6 is 11.3 Å². The molecular weight excluding hydrogens is 248 g/mol. The van der Waals surface area contributed by atoms with Gasteiger partial charge in [-0.2, -0.15) is 0 Å². The van der Waals surface area contributed by atoms with Crippen LogP contribution in [0.5, 0.6) is 0 Å². The molecule has 0 saturated carbocycles. The Morgan fingerprint density at radius 3 is 3.00 bits per heavy atom. The molecule has 100 valence electrons. The minimum absolute atomic E-state index is 0.135. The van der Waals surface area contributed by atoms with Crippen molar-refractivity contribution in [2.75, 3.05) is 19.8 Å². The number of carbonyl (C=O) groups is 1. The van der Waals surface area contributed by atoms with Gasteiger partial charge in [-0.3, -0.25) is 4.79 Å². The lowest BCUT2D eigenvalue weighted by atomic mass is 10.1. The van der Waals surface area contributed by atoms with Gasteiger partial charge in [0, 0.05) is 37.5 Å². The van der Waals surface area contributed by atoms with Gasteiger partial charge in [-0.25, -0.2) is 4.98 Å². The van der Waals surface area contributed by atoms with Crippen LogP contribution in [0.15, 0.2) is 0 Å². The molecule has 1 amide bonds. The van der Waals surface area contributed by atoms with Gasteiger partial charge in [0.25, 0.3) is 0 Å². The van der Waals surface area contributed by atoms with E-state index in [1.807, 2.05) is 6.92 Å². The van der Waals surface area contributed by atoms with Crippen LogP contribution in [0.4, 0.5) is 0 Å². The van der Waals surface area contributed by atoms with E-state index in [2.05, 4.69) is 17.2 Å². The molecule has 0 radical (unpaired) electrons. The van der Waals surface area contributed by atoms with Gasteiger partial charge in [0.1, 0.15) is 0 Å². The first-order valence-corrected chi connectivity index (χ1v) is 7.24. The fraction of sp³-hybridized carbons (Fsp3) is 0.692. The smallest absolute Gasteiger partial charge is 0.220 e. The Kier molecular flexibility index (Phi) is 4.72. The van der Waals surface area contributed by atoms with Gasteiger partial charge in [0.15, 0.2) is 0 Å². The Balaban J connectivity index is 1.66. The molecule has 0 aliphatic carbocycles. The molecular formula is C13H20N2O2S.